The van der Waals surface area contributed by atoms with Gasteiger partial charge in [0.25, 0.3) is 0 Å². The Morgan fingerprint density at radius 1 is 1.26 bits per heavy atom. The van der Waals surface area contributed by atoms with Crippen LogP contribution in [0.1, 0.15) is 43.9 Å². The molecule has 1 heterocycles. The van der Waals surface area contributed by atoms with Crippen LogP contribution in [-0.2, 0) is 15.4 Å². The van der Waals surface area contributed by atoms with Crippen LogP contribution in [0.5, 0.6) is 0 Å². The quantitative estimate of drug-likeness (QED) is 0.828. The lowest BCUT2D eigenvalue weighted by Gasteiger charge is -2.37. The van der Waals surface area contributed by atoms with Crippen molar-refractivity contribution < 1.29 is 8.42 Å². The van der Waals surface area contributed by atoms with Crippen molar-refractivity contribution in [3.63, 3.8) is 0 Å². The molecule has 5 nitrogen and oxygen atoms in total. The van der Waals surface area contributed by atoms with Crippen molar-refractivity contribution in [2.75, 3.05) is 32.9 Å². The lowest BCUT2D eigenvalue weighted by atomic mass is 9.70. The molecule has 2 bridgehead atoms. The normalized spacial score (nSPS) is 26.0. The second kappa shape index (κ2) is 6.26. The van der Waals surface area contributed by atoms with E-state index in [0.717, 1.165) is 29.4 Å². The van der Waals surface area contributed by atoms with Crippen molar-refractivity contribution >= 4 is 20.9 Å². The van der Waals surface area contributed by atoms with Gasteiger partial charge in [-0.1, -0.05) is 32.0 Å². The lowest BCUT2D eigenvalue weighted by Crippen LogP contribution is -2.46. The molecule has 0 unspecified atom stereocenters. The van der Waals surface area contributed by atoms with Crippen LogP contribution < -0.4 is 4.72 Å². The van der Waals surface area contributed by atoms with E-state index >= 15 is 0 Å². The van der Waals surface area contributed by atoms with Gasteiger partial charge in [-0.05, 0) is 56.0 Å². The van der Waals surface area contributed by atoms with Gasteiger partial charge in [-0.3, -0.25) is 4.98 Å². The van der Waals surface area contributed by atoms with Crippen LogP contribution in [0.4, 0.5) is 0 Å². The van der Waals surface area contributed by atoms with E-state index in [9.17, 15) is 8.42 Å². The minimum absolute atomic E-state index is 0.115. The van der Waals surface area contributed by atoms with E-state index in [1.54, 1.807) is 0 Å². The molecule has 1 fully saturated rings. The zero-order valence-electron chi connectivity index (χ0n) is 16.6. The summed E-state index contributed by atoms with van der Waals surface area (Å²) in [5.41, 5.74) is 2.70. The first-order valence-corrected chi connectivity index (χ1v) is 11.3. The van der Waals surface area contributed by atoms with Gasteiger partial charge < -0.3 is 4.90 Å². The number of fused-ring (bicyclic) bond motifs is 6. The summed E-state index contributed by atoms with van der Waals surface area (Å²) in [4.78, 5) is 6.98. The van der Waals surface area contributed by atoms with Gasteiger partial charge in [0.05, 0.1) is 17.0 Å². The maximum Gasteiger partial charge on any atom is 0.212 e. The van der Waals surface area contributed by atoms with Gasteiger partial charge in [-0.2, -0.15) is 0 Å². The number of nitrogens with zero attached hydrogens (tertiary/aromatic N) is 2. The summed E-state index contributed by atoms with van der Waals surface area (Å²) in [6, 6.07) is 10.4. The highest BCUT2D eigenvalue weighted by Crippen LogP contribution is 2.67. The van der Waals surface area contributed by atoms with Gasteiger partial charge in [0, 0.05) is 23.9 Å². The van der Waals surface area contributed by atoms with E-state index in [0.29, 0.717) is 19.0 Å². The number of para-hydroxylation sites is 1. The molecule has 2 atom stereocenters. The fourth-order valence-electron chi connectivity index (χ4n) is 5.28. The van der Waals surface area contributed by atoms with Gasteiger partial charge >= 0.3 is 0 Å². The van der Waals surface area contributed by atoms with Crippen molar-refractivity contribution in [1.82, 2.24) is 14.6 Å². The Morgan fingerprint density at radius 3 is 2.74 bits per heavy atom. The monoisotopic (exact) mass is 387 g/mol. The maximum atomic E-state index is 13.0. The van der Waals surface area contributed by atoms with Crippen LogP contribution in [0, 0.1) is 5.41 Å². The van der Waals surface area contributed by atoms with E-state index < -0.39 is 15.4 Å². The largest absolute Gasteiger partial charge is 0.308 e. The molecular formula is C21H29N3O2S. The molecule has 27 heavy (non-hydrogen) atoms. The van der Waals surface area contributed by atoms with Crippen molar-refractivity contribution in [2.24, 2.45) is 5.41 Å². The summed E-state index contributed by atoms with van der Waals surface area (Å²) in [5, 5.41) is 1.14. The zero-order valence-corrected chi connectivity index (χ0v) is 17.4. The van der Waals surface area contributed by atoms with Crippen molar-refractivity contribution in [2.45, 2.75) is 38.0 Å². The van der Waals surface area contributed by atoms with Crippen LogP contribution >= 0.6 is 0 Å². The van der Waals surface area contributed by atoms with Crippen LogP contribution in [-0.4, -0.2) is 51.2 Å². The molecule has 4 rings (SSSR count). The van der Waals surface area contributed by atoms with E-state index in [1.165, 1.54) is 5.56 Å². The molecule has 1 aromatic carbocycles. The minimum Gasteiger partial charge on any atom is -0.308 e. The van der Waals surface area contributed by atoms with E-state index in [1.807, 2.05) is 37.2 Å². The second-order valence-corrected chi connectivity index (χ2v) is 10.8. The molecule has 0 saturated heterocycles. The SMILES string of the molecule is CN(C)CCNS(=O)(=O)C[C@]12CC[C@H](c3cc4ccccc4nc31)C2(C)C. The highest BCUT2D eigenvalue weighted by Gasteiger charge is 2.64. The first-order valence-electron chi connectivity index (χ1n) is 9.68. The molecule has 0 spiro atoms. The molecule has 2 aromatic rings. The van der Waals surface area contributed by atoms with E-state index in [2.05, 4.69) is 30.7 Å². The van der Waals surface area contributed by atoms with Gasteiger partial charge in [-0.15, -0.1) is 0 Å². The smallest absolute Gasteiger partial charge is 0.212 e. The van der Waals surface area contributed by atoms with Crippen molar-refractivity contribution in [1.29, 1.82) is 0 Å². The van der Waals surface area contributed by atoms with Gasteiger partial charge in [0.2, 0.25) is 10.0 Å². The molecule has 2 aliphatic carbocycles. The fraction of sp³-hybridized carbons (Fsp3) is 0.571. The first kappa shape index (κ1) is 18.8. The standard InChI is InChI=1S/C21H29N3O2S/c1-20(2)17-9-10-21(20,14-27(25,26)22-11-12-24(3)4)19-16(17)13-15-7-5-6-8-18(15)23-19/h5-8,13,17,22H,9-12,14H2,1-4H3/t17-,21-/m1/s1. The molecular weight excluding hydrogens is 358 g/mol. The summed E-state index contributed by atoms with van der Waals surface area (Å²) in [6.07, 6.45) is 1.92. The summed E-state index contributed by atoms with van der Waals surface area (Å²) in [7, 11) is 0.500. The predicted octanol–water partition coefficient (Wildman–Crippen LogP) is 2.87. The van der Waals surface area contributed by atoms with Crippen molar-refractivity contribution in [3.8, 4) is 0 Å². The molecule has 0 radical (unpaired) electrons. The third kappa shape index (κ3) is 2.89. The number of benzene rings is 1. The average Bonchev–Trinajstić information content (AvgIpc) is 2.92. The number of rotatable bonds is 6. The number of sulfonamides is 1. The second-order valence-electron chi connectivity index (χ2n) is 8.97. The number of likely N-dealkylation sites (N-methyl/N-ethyl adjacent to an activating group) is 1. The molecule has 0 amide bonds. The number of pyridine rings is 1. The molecule has 146 valence electrons. The van der Waals surface area contributed by atoms with Crippen molar-refractivity contribution in [3.05, 3.63) is 41.6 Å². The maximum absolute atomic E-state index is 13.0. The number of hydrogen-bond donors (Lipinski definition) is 1. The fourth-order valence-corrected chi connectivity index (χ4v) is 7.09. The van der Waals surface area contributed by atoms with Gasteiger partial charge in [0.1, 0.15) is 0 Å². The first-order chi connectivity index (χ1) is 12.7. The number of hydrogen-bond acceptors (Lipinski definition) is 4. The third-order valence-electron chi connectivity index (χ3n) is 6.86. The Hall–Kier alpha value is -1.50. The topological polar surface area (TPSA) is 62.3 Å². The van der Waals surface area contributed by atoms with Gasteiger partial charge in [-0.25, -0.2) is 13.1 Å². The highest BCUT2D eigenvalue weighted by atomic mass is 32.2. The molecule has 0 aliphatic heterocycles. The molecule has 1 N–H and O–H groups in total. The van der Waals surface area contributed by atoms with Crippen LogP contribution in [0.2, 0.25) is 0 Å². The summed E-state index contributed by atoms with van der Waals surface area (Å²) < 4.78 is 28.7. The average molecular weight is 388 g/mol. The third-order valence-corrected chi connectivity index (χ3v) is 8.38. The summed E-state index contributed by atoms with van der Waals surface area (Å²) in [5.74, 6) is 0.497. The van der Waals surface area contributed by atoms with E-state index in [4.69, 9.17) is 4.98 Å². The van der Waals surface area contributed by atoms with Crippen LogP contribution in [0.25, 0.3) is 10.9 Å². The van der Waals surface area contributed by atoms with Crippen LogP contribution in [0.3, 0.4) is 0 Å². The summed E-state index contributed by atoms with van der Waals surface area (Å²) >= 11 is 0. The van der Waals surface area contributed by atoms with Crippen LogP contribution in [0.15, 0.2) is 30.3 Å². The Kier molecular flexibility index (Phi) is 4.37. The zero-order chi connectivity index (χ0) is 19.4. The number of aromatic nitrogens is 1. The summed E-state index contributed by atoms with van der Waals surface area (Å²) in [6.45, 7) is 5.59. The lowest BCUT2D eigenvalue weighted by molar-refractivity contribution is 0.229. The minimum atomic E-state index is -3.39. The van der Waals surface area contributed by atoms with E-state index in [-0.39, 0.29) is 11.2 Å². The van der Waals surface area contributed by atoms with Gasteiger partial charge in [0.15, 0.2) is 0 Å². The Morgan fingerprint density at radius 2 is 2.00 bits per heavy atom. The molecule has 1 aromatic heterocycles. The Bertz CT molecular complexity index is 984. The highest BCUT2D eigenvalue weighted by molar-refractivity contribution is 7.89. The molecule has 2 aliphatic rings. The number of nitrogens with one attached hydrogen (secondary N) is 1. The predicted molar refractivity (Wildman–Crippen MR) is 110 cm³/mol. The Balaban J connectivity index is 1.74. The molecule has 6 heteroatoms. The molecule has 1 saturated carbocycles. The Labute approximate surface area is 162 Å².